The number of halogens is 4. The number of hydrogen-bond donors (Lipinski definition) is 0. The van der Waals surface area contributed by atoms with Crippen LogP contribution in [0, 0.1) is 0 Å². The van der Waals surface area contributed by atoms with Gasteiger partial charge in [0.25, 0.3) is 0 Å². The molecule has 0 aliphatic rings. The minimum atomic E-state index is -0.0736. The quantitative estimate of drug-likeness (QED) is 0.305. The fourth-order valence-corrected chi connectivity index (χ4v) is 2.08. The van der Waals surface area contributed by atoms with Gasteiger partial charge in [0, 0.05) is 0 Å². The molecule has 0 saturated carbocycles. The Morgan fingerprint density at radius 2 is 1.61 bits per heavy atom. The summed E-state index contributed by atoms with van der Waals surface area (Å²) in [5, 5.41) is 0.945. The van der Waals surface area contributed by atoms with Gasteiger partial charge >= 0.3 is 0 Å². The molecule has 2 nitrogen and oxygen atoms in total. The van der Waals surface area contributed by atoms with Gasteiger partial charge in [0.15, 0.2) is 5.78 Å². The molecule has 1 aromatic rings. The number of nitrogens with zero attached hydrogens (tertiary/aromatic N) is 1. The van der Waals surface area contributed by atoms with Crippen molar-refractivity contribution in [1.29, 1.82) is 0 Å². The fraction of sp³-hybridized carbons (Fsp3) is 0.417. The summed E-state index contributed by atoms with van der Waals surface area (Å²) in [5.74, 6) is -0.0736. The van der Waals surface area contributed by atoms with Crippen LogP contribution in [0.2, 0.25) is 15.1 Å². The van der Waals surface area contributed by atoms with Crippen molar-refractivity contribution < 1.29 is 33.3 Å². The van der Waals surface area contributed by atoms with E-state index < -0.39 is 0 Å². The molecule has 102 valence electrons. The molecule has 0 radical (unpaired) electrons. The van der Waals surface area contributed by atoms with Crippen LogP contribution in [0.15, 0.2) is 12.1 Å². The highest BCUT2D eigenvalue weighted by atomic mass is 127. The van der Waals surface area contributed by atoms with Crippen LogP contribution in [0.1, 0.15) is 16.8 Å². The number of ketones is 1. The fourth-order valence-electron chi connectivity index (χ4n) is 1.34. The van der Waals surface area contributed by atoms with Gasteiger partial charge in [-0.1, -0.05) is 34.8 Å². The van der Waals surface area contributed by atoms with E-state index in [1.54, 1.807) is 12.1 Å². The molecule has 0 saturated heterocycles. The van der Waals surface area contributed by atoms with Crippen LogP contribution in [-0.4, -0.2) is 38.0 Å². The largest absolute Gasteiger partial charge is 1.00 e. The maximum absolute atomic E-state index is 12.0. The van der Waals surface area contributed by atoms with Crippen LogP contribution in [0.25, 0.3) is 0 Å². The molecule has 0 aliphatic carbocycles. The summed E-state index contributed by atoms with van der Waals surface area (Å²) in [6.07, 6.45) is 0.392. The summed E-state index contributed by atoms with van der Waals surface area (Å²) in [4.78, 5) is 12.0. The summed E-state index contributed by atoms with van der Waals surface area (Å²) < 4.78 is 0.710. The Kier molecular flexibility index (Phi) is 7.47. The van der Waals surface area contributed by atoms with Crippen LogP contribution in [0.5, 0.6) is 0 Å². The zero-order valence-electron chi connectivity index (χ0n) is 10.4. The lowest BCUT2D eigenvalue weighted by Crippen LogP contribution is -3.00. The second-order valence-electron chi connectivity index (χ2n) is 4.91. The van der Waals surface area contributed by atoms with Crippen molar-refractivity contribution in [2.45, 2.75) is 6.42 Å². The number of Topliss-reactive ketones (excluding diaryl/α,β-unsaturated/α-hetero) is 1. The van der Waals surface area contributed by atoms with Crippen molar-refractivity contribution in [2.24, 2.45) is 0 Å². The maximum Gasteiger partial charge on any atom is 0.171 e. The number of carbonyl (C=O) groups is 1. The molecule has 0 heterocycles. The van der Waals surface area contributed by atoms with Gasteiger partial charge in [-0.15, -0.1) is 0 Å². The summed E-state index contributed by atoms with van der Waals surface area (Å²) >= 11 is 17.9. The van der Waals surface area contributed by atoms with Gasteiger partial charge < -0.3 is 28.5 Å². The molecule has 0 aliphatic heterocycles. The Labute approximate surface area is 140 Å². The summed E-state index contributed by atoms with van der Waals surface area (Å²) in [6.45, 7) is 0.720. The number of quaternary nitrogens is 1. The topological polar surface area (TPSA) is 17.1 Å². The summed E-state index contributed by atoms with van der Waals surface area (Å²) in [5.41, 5.74) is 0.328. The van der Waals surface area contributed by atoms with Crippen LogP contribution < -0.4 is 24.0 Å². The first-order valence-electron chi connectivity index (χ1n) is 5.19. The molecule has 0 fully saturated rings. The average molecular weight is 423 g/mol. The van der Waals surface area contributed by atoms with E-state index in [1.165, 1.54) is 0 Å². The normalized spacial score (nSPS) is 11.0. The van der Waals surface area contributed by atoms with Crippen molar-refractivity contribution in [2.75, 3.05) is 27.7 Å². The number of benzene rings is 1. The first-order valence-corrected chi connectivity index (χ1v) is 6.33. The van der Waals surface area contributed by atoms with E-state index in [1.807, 2.05) is 21.1 Å². The van der Waals surface area contributed by atoms with E-state index >= 15 is 0 Å². The molecule has 0 unspecified atom stereocenters. The van der Waals surface area contributed by atoms with Crippen molar-refractivity contribution >= 4 is 40.6 Å². The third kappa shape index (κ3) is 5.21. The van der Waals surface area contributed by atoms with Crippen molar-refractivity contribution in [1.82, 2.24) is 0 Å². The Morgan fingerprint density at radius 1 is 1.11 bits per heavy atom. The van der Waals surface area contributed by atoms with E-state index in [9.17, 15) is 4.79 Å². The molecular formula is C12H15Cl3INO. The molecule has 0 atom stereocenters. The summed E-state index contributed by atoms with van der Waals surface area (Å²) in [6, 6.07) is 3.18. The second kappa shape index (κ2) is 7.29. The van der Waals surface area contributed by atoms with Gasteiger partial charge in [-0.2, -0.15) is 0 Å². The third-order valence-electron chi connectivity index (χ3n) is 2.33. The molecular weight excluding hydrogens is 407 g/mol. The molecule has 18 heavy (non-hydrogen) atoms. The monoisotopic (exact) mass is 421 g/mol. The SMILES string of the molecule is C[N+](C)(C)CCC(=O)c1c(Cl)ccc(Cl)c1Cl.[I-]. The molecule has 0 aromatic heterocycles. The van der Waals surface area contributed by atoms with Gasteiger partial charge in [-0.3, -0.25) is 4.79 Å². The lowest BCUT2D eigenvalue weighted by atomic mass is 10.1. The molecule has 0 spiro atoms. The first kappa shape index (κ1) is 18.4. The second-order valence-corrected chi connectivity index (χ2v) is 6.10. The van der Waals surface area contributed by atoms with Crippen LogP contribution >= 0.6 is 34.8 Å². The van der Waals surface area contributed by atoms with Gasteiger partial charge in [-0.25, -0.2) is 0 Å². The highest BCUT2D eigenvalue weighted by Gasteiger charge is 2.19. The lowest BCUT2D eigenvalue weighted by molar-refractivity contribution is -0.869. The maximum atomic E-state index is 12.0. The Hall–Kier alpha value is 0.450. The predicted molar refractivity (Wildman–Crippen MR) is 73.3 cm³/mol. The van der Waals surface area contributed by atoms with E-state index in [2.05, 4.69) is 0 Å². The lowest BCUT2D eigenvalue weighted by Gasteiger charge is -2.23. The molecule has 1 rings (SSSR count). The Balaban J connectivity index is 0.00000289. The van der Waals surface area contributed by atoms with E-state index in [0.717, 1.165) is 6.54 Å². The summed E-state index contributed by atoms with van der Waals surface area (Å²) in [7, 11) is 6.07. The zero-order chi connectivity index (χ0) is 13.2. The minimum Gasteiger partial charge on any atom is -1.00 e. The minimum absolute atomic E-state index is 0. The molecule has 0 bridgehead atoms. The standard InChI is InChI=1S/C12H15Cl3NO.HI/c1-16(2,3)7-6-10(17)11-8(13)4-5-9(14)12(11)15;/h4-5H,6-7H2,1-3H3;1H/q+1;/p-1. The van der Waals surface area contributed by atoms with Crippen molar-refractivity contribution in [3.63, 3.8) is 0 Å². The molecule has 1 aromatic carbocycles. The molecule has 0 amide bonds. The number of hydrogen-bond acceptors (Lipinski definition) is 1. The van der Waals surface area contributed by atoms with Gasteiger partial charge in [0.05, 0.1) is 54.7 Å². The van der Waals surface area contributed by atoms with E-state index in [-0.39, 0.29) is 34.8 Å². The zero-order valence-corrected chi connectivity index (χ0v) is 14.9. The number of carbonyl (C=O) groups excluding carboxylic acids is 1. The van der Waals surface area contributed by atoms with Crippen LogP contribution in [-0.2, 0) is 0 Å². The highest BCUT2D eigenvalue weighted by Crippen LogP contribution is 2.32. The Bertz CT molecular complexity index is 444. The smallest absolute Gasteiger partial charge is 0.171 e. The third-order valence-corrected chi connectivity index (χ3v) is 3.45. The average Bonchev–Trinajstić information content (AvgIpc) is 2.20. The molecule has 6 heteroatoms. The van der Waals surface area contributed by atoms with Crippen molar-refractivity contribution in [3.05, 3.63) is 32.8 Å². The Morgan fingerprint density at radius 3 is 2.11 bits per heavy atom. The highest BCUT2D eigenvalue weighted by molar-refractivity contribution is 6.46. The van der Waals surface area contributed by atoms with Crippen molar-refractivity contribution in [3.8, 4) is 0 Å². The van der Waals surface area contributed by atoms with E-state index in [0.29, 0.717) is 26.5 Å². The first-order chi connectivity index (χ1) is 7.72. The van der Waals surface area contributed by atoms with Crippen LogP contribution in [0.3, 0.4) is 0 Å². The molecule has 0 N–H and O–H groups in total. The number of rotatable bonds is 4. The van der Waals surface area contributed by atoms with Crippen LogP contribution in [0.4, 0.5) is 0 Å². The van der Waals surface area contributed by atoms with Gasteiger partial charge in [0.1, 0.15) is 0 Å². The van der Waals surface area contributed by atoms with Gasteiger partial charge in [-0.05, 0) is 12.1 Å². The van der Waals surface area contributed by atoms with E-state index in [4.69, 9.17) is 34.8 Å². The predicted octanol–water partition coefficient (Wildman–Crippen LogP) is 0.930. The van der Waals surface area contributed by atoms with Gasteiger partial charge in [0.2, 0.25) is 0 Å².